The predicted molar refractivity (Wildman–Crippen MR) is 110 cm³/mol. The van der Waals surface area contributed by atoms with Crippen LogP contribution in [0.15, 0.2) is 23.2 Å². The number of rotatable bonds is 5. The summed E-state index contributed by atoms with van der Waals surface area (Å²) in [6.07, 6.45) is 2.05. The van der Waals surface area contributed by atoms with Crippen LogP contribution in [0.3, 0.4) is 0 Å². The van der Waals surface area contributed by atoms with E-state index in [1.165, 1.54) is 12.1 Å². The fourth-order valence-electron chi connectivity index (χ4n) is 3.10. The average molecular weight is 480 g/mol. The van der Waals surface area contributed by atoms with E-state index < -0.39 is 11.6 Å². The summed E-state index contributed by atoms with van der Waals surface area (Å²) >= 11 is 0. The second kappa shape index (κ2) is 9.16. The summed E-state index contributed by atoms with van der Waals surface area (Å²) in [7, 11) is 0. The van der Waals surface area contributed by atoms with Crippen LogP contribution in [0.2, 0.25) is 0 Å². The Morgan fingerprint density at radius 3 is 2.50 bits per heavy atom. The highest BCUT2D eigenvalue weighted by Gasteiger charge is 2.42. The van der Waals surface area contributed by atoms with Gasteiger partial charge in [0.2, 0.25) is 0 Å². The molecule has 0 spiro atoms. The lowest BCUT2D eigenvalue weighted by Gasteiger charge is -2.38. The van der Waals surface area contributed by atoms with Crippen molar-refractivity contribution in [3.8, 4) is 0 Å². The van der Waals surface area contributed by atoms with E-state index in [0.29, 0.717) is 38.4 Å². The Morgan fingerprint density at radius 2 is 1.92 bits per heavy atom. The minimum absolute atomic E-state index is 0. The van der Waals surface area contributed by atoms with Crippen molar-refractivity contribution in [1.82, 2.24) is 10.2 Å². The van der Waals surface area contributed by atoms with Crippen LogP contribution in [0.4, 0.5) is 14.5 Å². The molecule has 0 unspecified atom stereocenters. The summed E-state index contributed by atoms with van der Waals surface area (Å²) < 4.78 is 27.4. The van der Waals surface area contributed by atoms with Crippen molar-refractivity contribution in [3.63, 3.8) is 0 Å². The number of hydrogen-bond donors (Lipinski definition) is 2. The van der Waals surface area contributed by atoms with Gasteiger partial charge in [0.15, 0.2) is 5.96 Å². The molecule has 8 heteroatoms. The number of aliphatic hydroxyl groups excluding tert-OH is 1. The standard InChI is InChI=1S/C18H26F2N4O.HI/c1-2-21-17(22-12-18(13-25)5-6-18)24-9-7-23(8-10-24)16-11-14(19)3-4-15(16)20;/h3-4,11,25H,2,5-10,12-13H2,1H3,(H,21,22);1H. The van der Waals surface area contributed by atoms with E-state index in [1.54, 1.807) is 0 Å². The van der Waals surface area contributed by atoms with Crippen LogP contribution < -0.4 is 10.2 Å². The molecule has 1 heterocycles. The SMILES string of the molecule is CCNC(=NCC1(CO)CC1)N1CCN(c2cc(F)ccc2F)CC1.I. The largest absolute Gasteiger partial charge is 0.396 e. The lowest BCUT2D eigenvalue weighted by molar-refractivity contribution is 0.216. The number of halogens is 3. The van der Waals surface area contributed by atoms with Crippen molar-refractivity contribution in [2.75, 3.05) is 50.8 Å². The van der Waals surface area contributed by atoms with E-state index >= 15 is 0 Å². The Kier molecular flexibility index (Phi) is 7.45. The Morgan fingerprint density at radius 1 is 1.23 bits per heavy atom. The van der Waals surface area contributed by atoms with Gasteiger partial charge in [-0.05, 0) is 31.9 Å². The molecular formula is C18H27F2IN4O. The van der Waals surface area contributed by atoms with Crippen molar-refractivity contribution in [2.45, 2.75) is 19.8 Å². The fraction of sp³-hybridized carbons (Fsp3) is 0.611. The molecule has 2 N–H and O–H groups in total. The smallest absolute Gasteiger partial charge is 0.194 e. The number of aliphatic hydroxyl groups is 1. The molecule has 1 saturated carbocycles. The highest BCUT2D eigenvalue weighted by atomic mass is 127. The van der Waals surface area contributed by atoms with E-state index in [0.717, 1.165) is 31.4 Å². The van der Waals surface area contributed by atoms with Crippen LogP contribution in [0.5, 0.6) is 0 Å². The molecule has 146 valence electrons. The first-order chi connectivity index (χ1) is 12.1. The van der Waals surface area contributed by atoms with Gasteiger partial charge >= 0.3 is 0 Å². The number of piperazine rings is 1. The van der Waals surface area contributed by atoms with Crippen molar-refractivity contribution in [3.05, 3.63) is 29.8 Å². The lowest BCUT2D eigenvalue weighted by atomic mass is 10.1. The molecule has 1 saturated heterocycles. The maximum atomic E-state index is 13.9. The summed E-state index contributed by atoms with van der Waals surface area (Å²) in [5, 5.41) is 12.7. The Hall–Kier alpha value is -1.16. The second-order valence-electron chi connectivity index (χ2n) is 6.90. The van der Waals surface area contributed by atoms with Crippen LogP contribution in [0.25, 0.3) is 0 Å². The number of nitrogens with one attached hydrogen (secondary N) is 1. The maximum absolute atomic E-state index is 13.9. The molecule has 3 rings (SSSR count). The molecule has 2 fully saturated rings. The van der Waals surface area contributed by atoms with Gasteiger partial charge in [-0.3, -0.25) is 4.99 Å². The highest BCUT2D eigenvalue weighted by Crippen LogP contribution is 2.45. The van der Waals surface area contributed by atoms with Gasteiger partial charge in [0.1, 0.15) is 11.6 Å². The van der Waals surface area contributed by atoms with E-state index in [9.17, 15) is 13.9 Å². The molecule has 0 aromatic heterocycles. The highest BCUT2D eigenvalue weighted by molar-refractivity contribution is 14.0. The molecule has 0 amide bonds. The van der Waals surface area contributed by atoms with Crippen LogP contribution >= 0.6 is 24.0 Å². The fourth-order valence-corrected chi connectivity index (χ4v) is 3.10. The first-order valence-corrected chi connectivity index (χ1v) is 8.91. The van der Waals surface area contributed by atoms with Gasteiger partial charge in [0.25, 0.3) is 0 Å². The van der Waals surface area contributed by atoms with Crippen molar-refractivity contribution < 1.29 is 13.9 Å². The normalized spacial score (nSPS) is 19.2. The molecule has 2 aliphatic rings. The molecule has 1 aromatic rings. The first kappa shape index (κ1) is 21.1. The average Bonchev–Trinajstić information content (AvgIpc) is 3.41. The monoisotopic (exact) mass is 480 g/mol. The summed E-state index contributed by atoms with van der Waals surface area (Å²) in [5.41, 5.74) is 0.298. The van der Waals surface area contributed by atoms with Gasteiger partial charge in [0.05, 0.1) is 18.8 Å². The molecule has 0 radical (unpaired) electrons. The van der Waals surface area contributed by atoms with Crippen LogP contribution in [-0.2, 0) is 0 Å². The Balaban J connectivity index is 0.00000243. The van der Waals surface area contributed by atoms with Crippen LogP contribution in [0.1, 0.15) is 19.8 Å². The van der Waals surface area contributed by atoms with Crippen molar-refractivity contribution in [2.24, 2.45) is 10.4 Å². The Bertz CT molecular complexity index is 632. The molecule has 1 aliphatic heterocycles. The van der Waals surface area contributed by atoms with Gasteiger partial charge in [-0.25, -0.2) is 8.78 Å². The zero-order valence-corrected chi connectivity index (χ0v) is 17.4. The second-order valence-corrected chi connectivity index (χ2v) is 6.90. The molecule has 1 aromatic carbocycles. The van der Waals surface area contributed by atoms with Gasteiger partial charge in [0, 0.05) is 44.2 Å². The Labute approximate surface area is 170 Å². The molecule has 1 aliphatic carbocycles. The first-order valence-electron chi connectivity index (χ1n) is 8.91. The minimum atomic E-state index is -0.424. The zero-order valence-electron chi connectivity index (χ0n) is 15.0. The van der Waals surface area contributed by atoms with Gasteiger partial charge in [-0.2, -0.15) is 0 Å². The number of hydrogen-bond acceptors (Lipinski definition) is 3. The number of guanidine groups is 1. The quantitative estimate of drug-likeness (QED) is 0.387. The number of nitrogens with zero attached hydrogens (tertiary/aromatic N) is 3. The number of benzene rings is 1. The van der Waals surface area contributed by atoms with Crippen molar-refractivity contribution in [1.29, 1.82) is 0 Å². The zero-order chi connectivity index (χ0) is 17.9. The van der Waals surface area contributed by atoms with E-state index in [4.69, 9.17) is 4.99 Å². The van der Waals surface area contributed by atoms with Crippen LogP contribution in [-0.4, -0.2) is 61.8 Å². The molecular weight excluding hydrogens is 453 g/mol. The maximum Gasteiger partial charge on any atom is 0.194 e. The molecule has 0 bridgehead atoms. The summed E-state index contributed by atoms with van der Waals surface area (Å²) in [4.78, 5) is 8.70. The summed E-state index contributed by atoms with van der Waals surface area (Å²) in [6, 6.07) is 3.56. The van der Waals surface area contributed by atoms with E-state index in [2.05, 4.69) is 10.2 Å². The van der Waals surface area contributed by atoms with E-state index in [1.807, 2.05) is 11.8 Å². The number of aliphatic imine (C=N–C) groups is 1. The topological polar surface area (TPSA) is 51.1 Å². The summed E-state index contributed by atoms with van der Waals surface area (Å²) in [6.45, 7) is 6.19. The van der Waals surface area contributed by atoms with Gasteiger partial charge in [-0.1, -0.05) is 0 Å². The molecule has 5 nitrogen and oxygen atoms in total. The molecule has 26 heavy (non-hydrogen) atoms. The molecule has 0 atom stereocenters. The van der Waals surface area contributed by atoms with E-state index in [-0.39, 0.29) is 36.0 Å². The third-order valence-corrected chi connectivity index (χ3v) is 5.02. The van der Waals surface area contributed by atoms with Gasteiger partial charge < -0.3 is 20.2 Å². The van der Waals surface area contributed by atoms with Crippen LogP contribution in [0, 0.1) is 17.0 Å². The van der Waals surface area contributed by atoms with Crippen molar-refractivity contribution >= 4 is 35.6 Å². The predicted octanol–water partition coefficient (Wildman–Crippen LogP) is 2.44. The third kappa shape index (κ3) is 4.97. The number of anilines is 1. The lowest BCUT2D eigenvalue weighted by Crippen LogP contribution is -2.53. The van der Waals surface area contributed by atoms with Gasteiger partial charge in [-0.15, -0.1) is 24.0 Å². The minimum Gasteiger partial charge on any atom is -0.396 e. The third-order valence-electron chi connectivity index (χ3n) is 5.02. The summed E-state index contributed by atoms with van der Waals surface area (Å²) in [5.74, 6) is 0.0168.